The fourth-order valence-corrected chi connectivity index (χ4v) is 1.81. The molecule has 5 heteroatoms. The van der Waals surface area contributed by atoms with E-state index in [1.165, 1.54) is 12.5 Å². The van der Waals surface area contributed by atoms with Gasteiger partial charge in [-0.1, -0.05) is 0 Å². The first-order valence-electron chi connectivity index (χ1n) is 4.16. The van der Waals surface area contributed by atoms with Gasteiger partial charge in [0.05, 0.1) is 10.4 Å². The number of benzene rings is 1. The molecule has 0 aliphatic carbocycles. The molecule has 0 atom stereocenters. The first-order valence-corrected chi connectivity index (χ1v) is 5.49. The number of alkyl halides is 1. The van der Waals surface area contributed by atoms with E-state index < -0.39 is 0 Å². The van der Waals surface area contributed by atoms with E-state index in [2.05, 4.69) is 20.9 Å². The maximum Gasteiger partial charge on any atom is 0.181 e. The molecule has 0 N–H and O–H groups in total. The van der Waals surface area contributed by atoms with Crippen molar-refractivity contribution in [2.24, 2.45) is 0 Å². The fourth-order valence-electron chi connectivity index (χ4n) is 1.24. The minimum atomic E-state index is -0.314. The molecular formula is C10H6BrClFNO. The van der Waals surface area contributed by atoms with Crippen LogP contribution in [0.5, 0.6) is 0 Å². The number of nitrogens with zero attached hydrogens (tertiary/aromatic N) is 1. The van der Waals surface area contributed by atoms with Crippen molar-refractivity contribution in [3.8, 4) is 11.3 Å². The molecule has 0 saturated heterocycles. The van der Waals surface area contributed by atoms with Gasteiger partial charge in [0, 0.05) is 5.56 Å². The Labute approximate surface area is 99.2 Å². The van der Waals surface area contributed by atoms with Crippen LogP contribution in [0.2, 0.25) is 0 Å². The molecule has 0 aliphatic heterocycles. The zero-order valence-corrected chi connectivity index (χ0v) is 9.85. The van der Waals surface area contributed by atoms with Crippen molar-refractivity contribution in [3.63, 3.8) is 0 Å². The number of hydrogen-bond donors (Lipinski definition) is 0. The molecule has 0 radical (unpaired) electrons. The lowest BCUT2D eigenvalue weighted by Gasteiger charge is -2.00. The topological polar surface area (TPSA) is 26.0 Å². The molecule has 1 aromatic heterocycles. The highest BCUT2D eigenvalue weighted by Gasteiger charge is 2.11. The van der Waals surface area contributed by atoms with Gasteiger partial charge in [0.1, 0.15) is 11.5 Å². The summed E-state index contributed by atoms with van der Waals surface area (Å²) in [5.74, 6) is 0.525. The van der Waals surface area contributed by atoms with Crippen LogP contribution in [0.4, 0.5) is 4.39 Å². The van der Waals surface area contributed by atoms with Gasteiger partial charge in [0.15, 0.2) is 12.2 Å². The van der Waals surface area contributed by atoms with E-state index in [1.807, 2.05) is 0 Å². The molecule has 0 spiro atoms. The first-order chi connectivity index (χ1) is 7.22. The molecule has 78 valence electrons. The van der Waals surface area contributed by atoms with E-state index in [-0.39, 0.29) is 11.7 Å². The van der Waals surface area contributed by atoms with Crippen molar-refractivity contribution in [2.45, 2.75) is 5.88 Å². The highest BCUT2D eigenvalue weighted by atomic mass is 79.9. The zero-order chi connectivity index (χ0) is 10.8. The van der Waals surface area contributed by atoms with Crippen LogP contribution >= 0.6 is 27.5 Å². The molecule has 0 aliphatic rings. The Balaban J connectivity index is 2.50. The monoisotopic (exact) mass is 289 g/mol. The molecule has 1 aromatic carbocycles. The smallest absolute Gasteiger partial charge is 0.181 e. The average molecular weight is 291 g/mol. The molecule has 2 rings (SSSR count). The Morgan fingerprint density at radius 1 is 1.47 bits per heavy atom. The van der Waals surface area contributed by atoms with Gasteiger partial charge >= 0.3 is 0 Å². The summed E-state index contributed by atoms with van der Waals surface area (Å²) in [4.78, 5) is 3.96. The number of aromatic nitrogens is 1. The molecule has 0 amide bonds. The summed E-state index contributed by atoms with van der Waals surface area (Å²) >= 11 is 8.79. The van der Waals surface area contributed by atoms with Gasteiger partial charge in [-0.3, -0.25) is 0 Å². The van der Waals surface area contributed by atoms with Crippen LogP contribution in [0.1, 0.15) is 5.69 Å². The van der Waals surface area contributed by atoms with Crippen molar-refractivity contribution >= 4 is 27.5 Å². The molecule has 1 heterocycles. The van der Waals surface area contributed by atoms with E-state index in [0.717, 1.165) is 5.56 Å². The molecule has 0 saturated carbocycles. The predicted octanol–water partition coefficient (Wildman–Crippen LogP) is 3.98. The normalized spacial score (nSPS) is 10.6. The number of halogens is 3. The summed E-state index contributed by atoms with van der Waals surface area (Å²) in [5.41, 5.74) is 1.39. The maximum atomic E-state index is 13.0. The van der Waals surface area contributed by atoms with Gasteiger partial charge in [-0.15, -0.1) is 11.6 Å². The third-order valence-electron chi connectivity index (χ3n) is 1.95. The van der Waals surface area contributed by atoms with Crippen LogP contribution in [-0.2, 0) is 5.88 Å². The van der Waals surface area contributed by atoms with Crippen LogP contribution in [-0.4, -0.2) is 4.98 Å². The molecule has 0 fully saturated rings. The van der Waals surface area contributed by atoms with Crippen molar-refractivity contribution in [1.82, 2.24) is 4.98 Å². The summed E-state index contributed by atoms with van der Waals surface area (Å²) in [6.45, 7) is 0. The Kier molecular flexibility index (Phi) is 3.07. The molecule has 2 nitrogen and oxygen atoms in total. The Morgan fingerprint density at radius 2 is 2.27 bits per heavy atom. The zero-order valence-electron chi connectivity index (χ0n) is 7.51. The predicted molar refractivity (Wildman–Crippen MR) is 59.2 cm³/mol. The summed E-state index contributed by atoms with van der Waals surface area (Å²) in [5, 5.41) is 0. The lowest BCUT2D eigenvalue weighted by Crippen LogP contribution is -1.84. The van der Waals surface area contributed by atoms with E-state index in [9.17, 15) is 4.39 Å². The molecule has 0 unspecified atom stereocenters. The van der Waals surface area contributed by atoms with Crippen molar-refractivity contribution in [2.75, 3.05) is 0 Å². The minimum absolute atomic E-state index is 0.265. The van der Waals surface area contributed by atoms with Crippen LogP contribution in [0.3, 0.4) is 0 Å². The van der Waals surface area contributed by atoms with Gasteiger partial charge in [-0.25, -0.2) is 9.37 Å². The number of hydrogen-bond acceptors (Lipinski definition) is 2. The average Bonchev–Trinajstić information content (AvgIpc) is 2.70. The van der Waals surface area contributed by atoms with Gasteiger partial charge in [-0.2, -0.15) is 0 Å². The lowest BCUT2D eigenvalue weighted by molar-refractivity contribution is 0.570. The van der Waals surface area contributed by atoms with Crippen LogP contribution in [0.15, 0.2) is 33.5 Å². The van der Waals surface area contributed by atoms with Crippen molar-refractivity contribution < 1.29 is 8.81 Å². The van der Waals surface area contributed by atoms with Crippen LogP contribution in [0.25, 0.3) is 11.3 Å². The lowest BCUT2D eigenvalue weighted by atomic mass is 10.1. The number of oxazole rings is 1. The standard InChI is InChI=1S/C10H6BrClFNO/c11-7-3-6(1-2-8(7)13)10-9(4-12)14-5-15-10/h1-3,5H,4H2. The first kappa shape index (κ1) is 10.6. The van der Waals surface area contributed by atoms with Gasteiger partial charge in [0.2, 0.25) is 0 Å². The summed E-state index contributed by atoms with van der Waals surface area (Å²) in [7, 11) is 0. The molecule has 15 heavy (non-hydrogen) atoms. The largest absolute Gasteiger partial charge is 0.443 e. The summed E-state index contributed by atoms with van der Waals surface area (Å²) in [6, 6.07) is 4.61. The minimum Gasteiger partial charge on any atom is -0.443 e. The van der Waals surface area contributed by atoms with Gasteiger partial charge < -0.3 is 4.42 Å². The third-order valence-corrected chi connectivity index (χ3v) is 2.81. The summed E-state index contributed by atoms with van der Waals surface area (Å²) < 4.78 is 18.6. The second-order valence-corrected chi connectivity index (χ2v) is 4.01. The highest BCUT2D eigenvalue weighted by molar-refractivity contribution is 9.10. The van der Waals surface area contributed by atoms with E-state index in [4.69, 9.17) is 16.0 Å². The quantitative estimate of drug-likeness (QED) is 0.782. The maximum absolute atomic E-state index is 13.0. The van der Waals surface area contributed by atoms with E-state index >= 15 is 0 Å². The second kappa shape index (κ2) is 4.33. The van der Waals surface area contributed by atoms with Crippen molar-refractivity contribution in [3.05, 3.63) is 40.6 Å². The molecule has 0 bridgehead atoms. The van der Waals surface area contributed by atoms with Crippen LogP contribution in [0, 0.1) is 5.82 Å². The second-order valence-electron chi connectivity index (χ2n) is 2.89. The Morgan fingerprint density at radius 3 is 2.93 bits per heavy atom. The summed E-state index contributed by atoms with van der Waals surface area (Å²) in [6.07, 6.45) is 1.32. The Bertz CT molecular complexity index is 486. The van der Waals surface area contributed by atoms with Gasteiger partial charge in [-0.05, 0) is 34.1 Å². The Hall–Kier alpha value is -0.870. The highest BCUT2D eigenvalue weighted by Crippen LogP contribution is 2.28. The van der Waals surface area contributed by atoms with Crippen molar-refractivity contribution in [1.29, 1.82) is 0 Å². The number of rotatable bonds is 2. The van der Waals surface area contributed by atoms with E-state index in [1.54, 1.807) is 12.1 Å². The fraction of sp³-hybridized carbons (Fsp3) is 0.100. The van der Waals surface area contributed by atoms with E-state index in [0.29, 0.717) is 15.9 Å². The van der Waals surface area contributed by atoms with Crippen LogP contribution < -0.4 is 0 Å². The SMILES string of the molecule is Fc1ccc(-c2ocnc2CCl)cc1Br. The molecule has 2 aromatic rings. The molecular weight excluding hydrogens is 284 g/mol. The van der Waals surface area contributed by atoms with Gasteiger partial charge in [0.25, 0.3) is 0 Å². The third kappa shape index (κ3) is 2.06.